The highest BCUT2D eigenvalue weighted by Gasteiger charge is 2.35. The molecule has 1 atom stereocenters. The molecule has 1 unspecified atom stereocenters. The summed E-state index contributed by atoms with van der Waals surface area (Å²) in [7, 11) is -2.49. The molecule has 0 N–H and O–H groups in total. The average molecular weight is 480 g/mol. The monoisotopic (exact) mass is 479 g/mol. The first-order chi connectivity index (χ1) is 16.4. The van der Waals surface area contributed by atoms with Crippen molar-refractivity contribution in [3.05, 3.63) is 102 Å². The minimum absolute atomic E-state index is 0.0869. The normalized spacial score (nSPS) is 15.9. The second kappa shape index (κ2) is 10.4. The summed E-state index contributed by atoms with van der Waals surface area (Å²) in [5.41, 5.74) is 4.07. The van der Waals surface area contributed by atoms with Crippen molar-refractivity contribution >= 4 is 10.1 Å². The molecule has 34 heavy (non-hydrogen) atoms. The molecule has 0 aliphatic carbocycles. The predicted octanol–water partition coefficient (Wildman–Crippen LogP) is 4.86. The Hall–Kier alpha value is -3.13. The van der Waals surface area contributed by atoms with Crippen LogP contribution in [-0.4, -0.2) is 33.4 Å². The molecule has 6 nitrogen and oxygen atoms in total. The van der Waals surface area contributed by atoms with E-state index in [0.717, 1.165) is 22.3 Å². The van der Waals surface area contributed by atoms with Crippen molar-refractivity contribution in [1.82, 2.24) is 4.90 Å². The standard InChI is InChI=1S/C27H29NO5S/c1-4-8-22-17-23-19-28(16-15-21-9-6-5-7-10-21)27(32-26(23)25(18-22)31-3)33-34(29,30)24-13-11-20(2)12-14-24/h4-7,9-14,17-18,27H,1,8,15-16,19H2,2-3H3. The Morgan fingerprint density at radius 2 is 1.82 bits per heavy atom. The number of hydrogen-bond donors (Lipinski definition) is 0. The molecule has 3 aromatic carbocycles. The first kappa shape index (κ1) is 24.0. The van der Waals surface area contributed by atoms with Crippen LogP contribution in [0.25, 0.3) is 0 Å². The molecule has 1 aliphatic heterocycles. The van der Waals surface area contributed by atoms with Gasteiger partial charge >= 0.3 is 10.1 Å². The van der Waals surface area contributed by atoms with Gasteiger partial charge in [0, 0.05) is 18.7 Å². The Bertz CT molecular complexity index is 1240. The van der Waals surface area contributed by atoms with Gasteiger partial charge in [0.05, 0.1) is 12.0 Å². The van der Waals surface area contributed by atoms with Gasteiger partial charge in [-0.15, -0.1) is 6.58 Å². The Balaban J connectivity index is 1.65. The highest BCUT2D eigenvalue weighted by molar-refractivity contribution is 7.86. The van der Waals surface area contributed by atoms with Gasteiger partial charge in [0.2, 0.25) is 0 Å². The van der Waals surface area contributed by atoms with Crippen LogP contribution in [0.5, 0.6) is 11.5 Å². The topological polar surface area (TPSA) is 65.1 Å². The zero-order chi connectivity index (χ0) is 24.1. The van der Waals surface area contributed by atoms with Crippen molar-refractivity contribution < 1.29 is 22.1 Å². The van der Waals surface area contributed by atoms with Gasteiger partial charge in [0.25, 0.3) is 6.41 Å². The maximum Gasteiger partial charge on any atom is 0.301 e. The molecule has 1 heterocycles. The van der Waals surface area contributed by atoms with E-state index in [0.29, 0.717) is 37.4 Å². The van der Waals surface area contributed by atoms with Crippen molar-refractivity contribution in [3.63, 3.8) is 0 Å². The van der Waals surface area contributed by atoms with Gasteiger partial charge in [-0.25, -0.2) is 9.08 Å². The average Bonchev–Trinajstić information content (AvgIpc) is 2.83. The van der Waals surface area contributed by atoms with Gasteiger partial charge in [-0.05, 0) is 49.1 Å². The summed E-state index contributed by atoms with van der Waals surface area (Å²) in [6.07, 6.45) is 2.11. The van der Waals surface area contributed by atoms with E-state index in [2.05, 4.69) is 6.58 Å². The molecule has 0 fully saturated rings. The van der Waals surface area contributed by atoms with Gasteiger partial charge in [-0.3, -0.25) is 0 Å². The number of allylic oxidation sites excluding steroid dienone is 1. The molecule has 3 aromatic rings. The lowest BCUT2D eigenvalue weighted by Gasteiger charge is -2.36. The Kier molecular flexibility index (Phi) is 7.36. The van der Waals surface area contributed by atoms with Gasteiger partial charge in [0.15, 0.2) is 11.5 Å². The molecule has 0 aromatic heterocycles. The third kappa shape index (κ3) is 5.50. The minimum atomic E-state index is -4.05. The lowest BCUT2D eigenvalue weighted by atomic mass is 10.0. The van der Waals surface area contributed by atoms with E-state index in [9.17, 15) is 8.42 Å². The van der Waals surface area contributed by atoms with Gasteiger partial charge in [0.1, 0.15) is 0 Å². The number of fused-ring (bicyclic) bond motifs is 1. The molecule has 0 saturated heterocycles. The summed E-state index contributed by atoms with van der Waals surface area (Å²) in [5.74, 6) is 1.04. The zero-order valence-electron chi connectivity index (χ0n) is 19.4. The van der Waals surface area contributed by atoms with Crippen molar-refractivity contribution in [2.45, 2.75) is 37.6 Å². The van der Waals surface area contributed by atoms with E-state index < -0.39 is 16.5 Å². The van der Waals surface area contributed by atoms with Crippen molar-refractivity contribution in [2.75, 3.05) is 13.7 Å². The molecular formula is C27H29NO5S. The maximum atomic E-state index is 13.1. The molecule has 0 saturated carbocycles. The van der Waals surface area contributed by atoms with Gasteiger partial charge in [-0.2, -0.15) is 8.42 Å². The van der Waals surface area contributed by atoms with Crippen molar-refractivity contribution in [3.8, 4) is 11.5 Å². The van der Waals surface area contributed by atoms with Gasteiger partial charge in [-0.1, -0.05) is 60.2 Å². The molecule has 4 rings (SSSR count). The fraction of sp³-hybridized carbons (Fsp3) is 0.259. The molecule has 7 heteroatoms. The van der Waals surface area contributed by atoms with E-state index >= 15 is 0 Å². The number of hydrogen-bond acceptors (Lipinski definition) is 6. The Morgan fingerprint density at radius 3 is 2.50 bits per heavy atom. The highest BCUT2D eigenvalue weighted by atomic mass is 32.2. The molecule has 178 valence electrons. The van der Waals surface area contributed by atoms with E-state index in [1.807, 2.05) is 60.4 Å². The number of rotatable bonds is 9. The fourth-order valence-electron chi connectivity index (χ4n) is 3.93. The van der Waals surface area contributed by atoms with Crippen LogP contribution >= 0.6 is 0 Å². The SMILES string of the molecule is C=CCc1cc2c(c(OC)c1)OC(OS(=O)(=O)c1ccc(C)cc1)N(CCc1ccccc1)C2. The van der Waals surface area contributed by atoms with Crippen LogP contribution in [0.1, 0.15) is 22.3 Å². The van der Waals surface area contributed by atoms with Crippen LogP contribution < -0.4 is 9.47 Å². The third-order valence-electron chi connectivity index (χ3n) is 5.73. The van der Waals surface area contributed by atoms with Crippen molar-refractivity contribution in [2.24, 2.45) is 0 Å². The molecule has 0 spiro atoms. The summed E-state index contributed by atoms with van der Waals surface area (Å²) in [6, 6.07) is 20.5. The second-order valence-corrected chi connectivity index (χ2v) is 9.85. The summed E-state index contributed by atoms with van der Waals surface area (Å²) in [5, 5.41) is 0. The Morgan fingerprint density at radius 1 is 1.09 bits per heavy atom. The van der Waals surface area contributed by atoms with Gasteiger partial charge < -0.3 is 9.47 Å². The predicted molar refractivity (Wildman–Crippen MR) is 131 cm³/mol. The minimum Gasteiger partial charge on any atom is -0.493 e. The lowest BCUT2D eigenvalue weighted by Crippen LogP contribution is -2.46. The van der Waals surface area contributed by atoms with Crippen LogP contribution in [0.15, 0.2) is 84.3 Å². The molecule has 0 radical (unpaired) electrons. The molecular weight excluding hydrogens is 450 g/mol. The van der Waals surface area contributed by atoms with E-state index in [1.54, 1.807) is 19.2 Å². The van der Waals surface area contributed by atoms with E-state index in [-0.39, 0.29) is 4.90 Å². The van der Waals surface area contributed by atoms with Crippen LogP contribution in [0.2, 0.25) is 0 Å². The summed E-state index contributed by atoms with van der Waals surface area (Å²) >= 11 is 0. The summed E-state index contributed by atoms with van der Waals surface area (Å²) < 4.78 is 43.5. The largest absolute Gasteiger partial charge is 0.493 e. The van der Waals surface area contributed by atoms with Crippen LogP contribution in [0.4, 0.5) is 0 Å². The second-order valence-electron chi connectivity index (χ2n) is 8.27. The van der Waals surface area contributed by atoms with Crippen LogP contribution in [0.3, 0.4) is 0 Å². The number of ether oxygens (including phenoxy) is 2. The number of methoxy groups -OCH3 is 1. The number of benzene rings is 3. The first-order valence-corrected chi connectivity index (χ1v) is 12.6. The lowest BCUT2D eigenvalue weighted by molar-refractivity contribution is -0.130. The van der Waals surface area contributed by atoms with Crippen LogP contribution in [0, 0.1) is 6.92 Å². The van der Waals surface area contributed by atoms with Crippen LogP contribution in [-0.2, 0) is 33.7 Å². The first-order valence-electron chi connectivity index (χ1n) is 11.1. The summed E-state index contributed by atoms with van der Waals surface area (Å²) in [4.78, 5) is 1.97. The smallest absolute Gasteiger partial charge is 0.301 e. The number of aryl methyl sites for hydroxylation is 1. The van der Waals surface area contributed by atoms with E-state index in [4.69, 9.17) is 13.7 Å². The molecule has 0 bridgehead atoms. The highest BCUT2D eigenvalue weighted by Crippen LogP contribution is 2.39. The van der Waals surface area contributed by atoms with Crippen molar-refractivity contribution in [1.29, 1.82) is 0 Å². The Labute approximate surface area is 201 Å². The quantitative estimate of drug-likeness (QED) is 0.323. The van der Waals surface area contributed by atoms with E-state index in [1.165, 1.54) is 12.1 Å². The molecule has 0 amide bonds. The summed E-state index contributed by atoms with van der Waals surface area (Å²) in [6.45, 7) is 6.72. The third-order valence-corrected chi connectivity index (χ3v) is 7.00. The fourth-order valence-corrected chi connectivity index (χ4v) is 4.89. The zero-order valence-corrected chi connectivity index (χ0v) is 20.3. The molecule has 1 aliphatic rings. The maximum absolute atomic E-state index is 13.1. The number of nitrogens with zero attached hydrogens (tertiary/aromatic N) is 1.